The third-order valence-corrected chi connectivity index (χ3v) is 5.58. The lowest BCUT2D eigenvalue weighted by Crippen LogP contribution is -2.37. The van der Waals surface area contributed by atoms with E-state index < -0.39 is 10.0 Å². The van der Waals surface area contributed by atoms with Gasteiger partial charge in [0.2, 0.25) is 10.0 Å². The molecule has 20 heavy (non-hydrogen) atoms. The van der Waals surface area contributed by atoms with Gasteiger partial charge in [-0.15, -0.1) is 0 Å². The SMILES string of the molecule is CNCCCCS(=O)(=O)N1CCCc2cc(C)ccc21. The Bertz CT molecular complexity index is 555. The van der Waals surface area contributed by atoms with Crippen LogP contribution in [0.3, 0.4) is 0 Å². The van der Waals surface area contributed by atoms with Crippen molar-refractivity contribution < 1.29 is 8.42 Å². The molecule has 0 bridgehead atoms. The highest BCUT2D eigenvalue weighted by Gasteiger charge is 2.26. The zero-order valence-electron chi connectivity index (χ0n) is 12.4. The van der Waals surface area contributed by atoms with Crippen molar-refractivity contribution >= 4 is 15.7 Å². The Kier molecular flexibility index (Phi) is 5.05. The van der Waals surface area contributed by atoms with Crippen molar-refractivity contribution in [1.82, 2.24) is 5.32 Å². The number of unbranched alkanes of at least 4 members (excludes halogenated alkanes) is 1. The van der Waals surface area contributed by atoms with E-state index in [1.807, 2.05) is 26.1 Å². The fourth-order valence-electron chi connectivity index (χ4n) is 2.68. The number of aryl methyl sites for hydroxylation is 2. The second kappa shape index (κ2) is 6.59. The number of hydrogen-bond acceptors (Lipinski definition) is 3. The average Bonchev–Trinajstić information content (AvgIpc) is 2.42. The Morgan fingerprint density at radius 1 is 1.30 bits per heavy atom. The zero-order chi connectivity index (χ0) is 14.6. The molecule has 0 amide bonds. The summed E-state index contributed by atoms with van der Waals surface area (Å²) in [5, 5.41) is 3.05. The molecule has 1 aliphatic rings. The highest BCUT2D eigenvalue weighted by Crippen LogP contribution is 2.30. The number of nitrogens with zero attached hydrogens (tertiary/aromatic N) is 1. The molecule has 1 heterocycles. The van der Waals surface area contributed by atoms with Crippen molar-refractivity contribution in [1.29, 1.82) is 0 Å². The summed E-state index contributed by atoms with van der Waals surface area (Å²) in [7, 11) is -1.30. The predicted molar refractivity (Wildman–Crippen MR) is 83.8 cm³/mol. The first kappa shape index (κ1) is 15.3. The summed E-state index contributed by atoms with van der Waals surface area (Å²) in [4.78, 5) is 0. The van der Waals surface area contributed by atoms with Gasteiger partial charge >= 0.3 is 0 Å². The minimum Gasteiger partial charge on any atom is -0.320 e. The van der Waals surface area contributed by atoms with Gasteiger partial charge in [-0.3, -0.25) is 4.31 Å². The van der Waals surface area contributed by atoms with Crippen LogP contribution in [-0.4, -0.2) is 34.3 Å². The molecule has 1 aromatic carbocycles. The quantitative estimate of drug-likeness (QED) is 0.818. The first-order valence-electron chi connectivity index (χ1n) is 7.29. The van der Waals surface area contributed by atoms with Crippen LogP contribution in [0.25, 0.3) is 0 Å². The Hall–Kier alpha value is -1.07. The lowest BCUT2D eigenvalue weighted by atomic mass is 10.0. The van der Waals surface area contributed by atoms with E-state index in [0.29, 0.717) is 13.0 Å². The summed E-state index contributed by atoms with van der Waals surface area (Å²) in [5.41, 5.74) is 3.24. The van der Waals surface area contributed by atoms with Crippen LogP contribution < -0.4 is 9.62 Å². The second-order valence-corrected chi connectivity index (χ2v) is 7.45. The zero-order valence-corrected chi connectivity index (χ0v) is 13.2. The lowest BCUT2D eigenvalue weighted by Gasteiger charge is -2.30. The smallest absolute Gasteiger partial charge is 0.235 e. The second-order valence-electron chi connectivity index (χ2n) is 5.43. The molecule has 4 nitrogen and oxygen atoms in total. The van der Waals surface area contributed by atoms with Crippen molar-refractivity contribution in [3.63, 3.8) is 0 Å². The normalized spacial score (nSPS) is 15.2. The van der Waals surface area contributed by atoms with Crippen LogP contribution in [0.15, 0.2) is 18.2 Å². The summed E-state index contributed by atoms with van der Waals surface area (Å²) in [5.74, 6) is 0.238. The van der Waals surface area contributed by atoms with Crippen molar-refractivity contribution in [2.24, 2.45) is 0 Å². The molecule has 0 unspecified atom stereocenters. The van der Waals surface area contributed by atoms with E-state index >= 15 is 0 Å². The summed E-state index contributed by atoms with van der Waals surface area (Å²) >= 11 is 0. The van der Waals surface area contributed by atoms with Crippen LogP contribution in [0.2, 0.25) is 0 Å². The van der Waals surface area contributed by atoms with Gasteiger partial charge in [0.15, 0.2) is 0 Å². The maximum absolute atomic E-state index is 12.5. The van der Waals surface area contributed by atoms with Crippen LogP contribution in [-0.2, 0) is 16.4 Å². The fraction of sp³-hybridized carbons (Fsp3) is 0.600. The van der Waals surface area contributed by atoms with E-state index in [4.69, 9.17) is 0 Å². The number of nitrogens with one attached hydrogen (secondary N) is 1. The molecule has 0 saturated carbocycles. The third kappa shape index (κ3) is 3.52. The number of rotatable bonds is 6. The van der Waals surface area contributed by atoms with Crippen LogP contribution in [0.4, 0.5) is 5.69 Å². The maximum Gasteiger partial charge on any atom is 0.235 e. The average molecular weight is 296 g/mol. The van der Waals surface area contributed by atoms with Crippen LogP contribution in [0.5, 0.6) is 0 Å². The Balaban J connectivity index is 2.13. The van der Waals surface area contributed by atoms with Gasteiger partial charge in [0.1, 0.15) is 0 Å². The van der Waals surface area contributed by atoms with Gasteiger partial charge in [0.05, 0.1) is 11.4 Å². The van der Waals surface area contributed by atoms with Gasteiger partial charge < -0.3 is 5.32 Å². The standard InChI is InChI=1S/C15H24N2O2S/c1-13-7-8-15-14(12-13)6-5-10-17(15)20(18,19)11-4-3-9-16-2/h7-8,12,16H,3-6,9-11H2,1-2H3. The molecule has 5 heteroatoms. The van der Waals surface area contributed by atoms with Gasteiger partial charge in [-0.05, 0) is 57.8 Å². The summed E-state index contributed by atoms with van der Waals surface area (Å²) in [6.07, 6.45) is 3.49. The molecule has 0 radical (unpaired) electrons. The number of anilines is 1. The maximum atomic E-state index is 12.5. The first-order chi connectivity index (χ1) is 9.54. The van der Waals surface area contributed by atoms with Gasteiger partial charge in [-0.2, -0.15) is 0 Å². The molecule has 0 aromatic heterocycles. The Labute approximate surface area is 122 Å². The van der Waals surface area contributed by atoms with Crippen molar-refractivity contribution in [3.05, 3.63) is 29.3 Å². The molecular formula is C15H24N2O2S. The minimum absolute atomic E-state index is 0.238. The Morgan fingerprint density at radius 2 is 2.10 bits per heavy atom. The predicted octanol–water partition coefficient (Wildman–Crippen LogP) is 2.08. The number of fused-ring (bicyclic) bond motifs is 1. The fourth-order valence-corrected chi connectivity index (χ4v) is 4.35. The molecule has 1 aromatic rings. The topological polar surface area (TPSA) is 49.4 Å². The van der Waals surface area contributed by atoms with Gasteiger partial charge in [-0.25, -0.2) is 8.42 Å². The molecule has 0 atom stereocenters. The van der Waals surface area contributed by atoms with Crippen molar-refractivity contribution in [2.75, 3.05) is 30.2 Å². The van der Waals surface area contributed by atoms with Crippen molar-refractivity contribution in [3.8, 4) is 0 Å². The molecule has 112 valence electrons. The number of benzene rings is 1. The van der Waals surface area contributed by atoms with Crippen molar-refractivity contribution in [2.45, 2.75) is 32.6 Å². The van der Waals surface area contributed by atoms with E-state index in [1.165, 1.54) is 5.56 Å². The summed E-state index contributed by atoms with van der Waals surface area (Å²) in [6, 6.07) is 6.06. The van der Waals surface area contributed by atoms with Gasteiger partial charge in [0, 0.05) is 6.54 Å². The van der Waals surface area contributed by atoms with Gasteiger partial charge in [0.25, 0.3) is 0 Å². The van der Waals surface area contributed by atoms with E-state index in [0.717, 1.165) is 37.1 Å². The number of hydrogen-bond donors (Lipinski definition) is 1. The monoisotopic (exact) mass is 296 g/mol. The number of sulfonamides is 1. The minimum atomic E-state index is -3.18. The lowest BCUT2D eigenvalue weighted by molar-refractivity contribution is 0.581. The van der Waals surface area contributed by atoms with Crippen LogP contribution in [0, 0.1) is 6.92 Å². The highest BCUT2D eigenvalue weighted by atomic mass is 32.2. The van der Waals surface area contributed by atoms with Crippen LogP contribution >= 0.6 is 0 Å². The van der Waals surface area contributed by atoms with Gasteiger partial charge in [-0.1, -0.05) is 17.7 Å². The molecule has 0 fully saturated rings. The summed E-state index contributed by atoms with van der Waals surface area (Å²) in [6.45, 7) is 3.53. The largest absolute Gasteiger partial charge is 0.320 e. The van der Waals surface area contributed by atoms with E-state index in [9.17, 15) is 8.42 Å². The van der Waals surface area contributed by atoms with E-state index in [-0.39, 0.29) is 5.75 Å². The molecule has 0 saturated heterocycles. The van der Waals surface area contributed by atoms with E-state index in [1.54, 1.807) is 4.31 Å². The highest BCUT2D eigenvalue weighted by molar-refractivity contribution is 7.92. The molecule has 0 aliphatic carbocycles. The first-order valence-corrected chi connectivity index (χ1v) is 8.90. The third-order valence-electron chi connectivity index (χ3n) is 3.73. The molecule has 1 aliphatic heterocycles. The molecular weight excluding hydrogens is 272 g/mol. The molecule has 0 spiro atoms. The van der Waals surface area contributed by atoms with E-state index in [2.05, 4.69) is 11.4 Å². The van der Waals surface area contributed by atoms with Crippen LogP contribution in [0.1, 0.15) is 30.4 Å². The molecule has 2 rings (SSSR count). The molecule has 1 N–H and O–H groups in total. The summed E-state index contributed by atoms with van der Waals surface area (Å²) < 4.78 is 26.6. The Morgan fingerprint density at radius 3 is 2.85 bits per heavy atom.